The van der Waals surface area contributed by atoms with Crippen LogP contribution in [0, 0.1) is 0 Å². The molecule has 0 spiro atoms. The Balaban J connectivity index is 0.000000411. The first-order valence-corrected chi connectivity index (χ1v) is 4.91. The fourth-order valence-electron chi connectivity index (χ4n) is 1.17. The van der Waals surface area contributed by atoms with Crippen LogP contribution in [-0.2, 0) is 9.59 Å². The van der Waals surface area contributed by atoms with E-state index in [1.807, 2.05) is 0 Å². The third-order valence-corrected chi connectivity index (χ3v) is 1.96. The van der Waals surface area contributed by atoms with Crippen molar-refractivity contribution in [2.45, 2.75) is 19.0 Å². The van der Waals surface area contributed by atoms with Crippen molar-refractivity contribution < 1.29 is 33.0 Å². The third kappa shape index (κ3) is 7.47. The predicted molar refractivity (Wildman–Crippen MR) is 55.5 cm³/mol. The van der Waals surface area contributed by atoms with Crippen LogP contribution in [0.15, 0.2) is 4.99 Å². The molecule has 0 amide bonds. The maximum atomic E-state index is 11.7. The zero-order chi connectivity index (χ0) is 14.3. The highest BCUT2D eigenvalue weighted by Gasteiger charge is 2.27. The van der Waals surface area contributed by atoms with Gasteiger partial charge in [0.05, 0.1) is 5.84 Å². The maximum absolute atomic E-state index is 11.7. The number of alkyl halides is 3. The van der Waals surface area contributed by atoms with Gasteiger partial charge in [0.25, 0.3) is 0 Å². The highest BCUT2D eigenvalue weighted by molar-refractivity contribution is 6.27. The molecular weight excluding hydrogens is 257 g/mol. The van der Waals surface area contributed by atoms with Crippen LogP contribution in [0.4, 0.5) is 13.2 Å². The van der Waals surface area contributed by atoms with Gasteiger partial charge in [0.1, 0.15) is 6.54 Å². The van der Waals surface area contributed by atoms with Crippen LogP contribution in [0.3, 0.4) is 0 Å². The minimum atomic E-state index is -4.17. The number of hydrogen-bond donors (Lipinski definition) is 2. The van der Waals surface area contributed by atoms with Gasteiger partial charge in [-0.1, -0.05) is 0 Å². The zero-order valence-electron chi connectivity index (χ0n) is 9.57. The van der Waals surface area contributed by atoms with Crippen molar-refractivity contribution >= 4 is 17.8 Å². The molecule has 1 aliphatic heterocycles. The molecule has 0 aromatic carbocycles. The fourth-order valence-corrected chi connectivity index (χ4v) is 1.17. The van der Waals surface area contributed by atoms with Crippen LogP contribution in [0.25, 0.3) is 0 Å². The number of aliphatic imine (C=N–C) groups is 1. The second kappa shape index (κ2) is 6.82. The van der Waals surface area contributed by atoms with Crippen LogP contribution in [-0.4, -0.2) is 59.2 Å². The molecule has 1 heterocycles. The largest absolute Gasteiger partial charge is 0.473 e. The summed E-state index contributed by atoms with van der Waals surface area (Å²) in [6.07, 6.45) is -2.59. The van der Waals surface area contributed by atoms with Gasteiger partial charge >= 0.3 is 18.1 Å². The van der Waals surface area contributed by atoms with Crippen LogP contribution in [0.1, 0.15) is 12.8 Å². The molecule has 0 aliphatic carbocycles. The summed E-state index contributed by atoms with van der Waals surface area (Å²) in [4.78, 5) is 23.5. The van der Waals surface area contributed by atoms with Gasteiger partial charge in [-0.25, -0.2) is 9.59 Å². The molecule has 1 saturated heterocycles. The van der Waals surface area contributed by atoms with Gasteiger partial charge in [-0.05, 0) is 6.42 Å². The molecule has 0 aromatic heterocycles. The quantitative estimate of drug-likeness (QED) is 0.689. The molecule has 1 rings (SSSR count). The molecule has 0 bridgehead atoms. The van der Waals surface area contributed by atoms with E-state index >= 15 is 0 Å². The smallest absolute Gasteiger partial charge is 0.414 e. The molecule has 2 N–H and O–H groups in total. The van der Waals surface area contributed by atoms with Crippen molar-refractivity contribution in [3.8, 4) is 0 Å². The summed E-state index contributed by atoms with van der Waals surface area (Å²) in [5.74, 6) is -3.07. The molecule has 0 aromatic rings. The Kier molecular flexibility index (Phi) is 6.14. The summed E-state index contributed by atoms with van der Waals surface area (Å²) in [5, 5.41) is 14.8. The van der Waals surface area contributed by atoms with Crippen LogP contribution >= 0.6 is 0 Å². The van der Waals surface area contributed by atoms with E-state index in [0.29, 0.717) is 12.3 Å². The van der Waals surface area contributed by atoms with Gasteiger partial charge < -0.3 is 15.1 Å². The number of halogens is 3. The lowest BCUT2D eigenvalue weighted by molar-refractivity contribution is -0.159. The average Bonchev–Trinajstić information content (AvgIpc) is 2.60. The lowest BCUT2D eigenvalue weighted by Gasteiger charge is -2.11. The van der Waals surface area contributed by atoms with Crippen molar-refractivity contribution in [2.24, 2.45) is 4.99 Å². The summed E-state index contributed by atoms with van der Waals surface area (Å²) >= 11 is 0. The lowest BCUT2D eigenvalue weighted by Crippen LogP contribution is -2.22. The third-order valence-electron chi connectivity index (χ3n) is 1.96. The van der Waals surface area contributed by atoms with Gasteiger partial charge in [-0.3, -0.25) is 4.99 Å². The van der Waals surface area contributed by atoms with Gasteiger partial charge in [-0.2, -0.15) is 13.2 Å². The normalized spacial score (nSPS) is 17.3. The number of amidine groups is 1. The van der Waals surface area contributed by atoms with Crippen molar-refractivity contribution in [3.63, 3.8) is 0 Å². The SMILES string of the molecule is CN1CCCC1=NCC(F)(F)F.O=C(O)C(=O)O. The Bertz CT molecular complexity index is 329. The summed E-state index contributed by atoms with van der Waals surface area (Å²) in [5.41, 5.74) is 0. The molecule has 0 saturated carbocycles. The number of carboxylic acids is 2. The topological polar surface area (TPSA) is 90.2 Å². The van der Waals surface area contributed by atoms with E-state index in [-0.39, 0.29) is 0 Å². The molecule has 18 heavy (non-hydrogen) atoms. The zero-order valence-corrected chi connectivity index (χ0v) is 9.57. The van der Waals surface area contributed by atoms with Crippen molar-refractivity contribution in [1.82, 2.24) is 4.90 Å². The molecule has 104 valence electrons. The van der Waals surface area contributed by atoms with E-state index in [1.54, 1.807) is 11.9 Å². The van der Waals surface area contributed by atoms with Crippen molar-refractivity contribution in [3.05, 3.63) is 0 Å². The molecule has 0 atom stereocenters. The molecular formula is C9H13F3N2O4. The summed E-state index contributed by atoms with van der Waals surface area (Å²) in [6, 6.07) is 0. The Morgan fingerprint density at radius 3 is 2.11 bits per heavy atom. The number of nitrogens with zero attached hydrogens (tertiary/aromatic N) is 2. The summed E-state index contributed by atoms with van der Waals surface area (Å²) in [6.45, 7) is -0.233. The number of likely N-dealkylation sites (tertiary alicyclic amines) is 1. The van der Waals surface area contributed by atoms with Crippen LogP contribution < -0.4 is 0 Å². The Hall–Kier alpha value is -1.80. The summed E-state index contributed by atoms with van der Waals surface area (Å²) in [7, 11) is 1.77. The molecule has 9 heteroatoms. The lowest BCUT2D eigenvalue weighted by atomic mass is 10.4. The Morgan fingerprint density at radius 2 is 1.83 bits per heavy atom. The summed E-state index contributed by atoms with van der Waals surface area (Å²) < 4.78 is 35.1. The van der Waals surface area contributed by atoms with E-state index in [2.05, 4.69) is 4.99 Å². The van der Waals surface area contributed by atoms with E-state index in [1.165, 1.54) is 0 Å². The van der Waals surface area contributed by atoms with E-state index in [9.17, 15) is 13.2 Å². The monoisotopic (exact) mass is 270 g/mol. The van der Waals surface area contributed by atoms with E-state index in [0.717, 1.165) is 13.0 Å². The van der Waals surface area contributed by atoms with E-state index in [4.69, 9.17) is 19.8 Å². The van der Waals surface area contributed by atoms with Crippen molar-refractivity contribution in [2.75, 3.05) is 20.1 Å². The number of carboxylic acid groups (broad SMARTS) is 2. The Morgan fingerprint density at radius 1 is 1.33 bits per heavy atom. The first-order valence-electron chi connectivity index (χ1n) is 4.91. The highest BCUT2D eigenvalue weighted by atomic mass is 19.4. The van der Waals surface area contributed by atoms with Gasteiger partial charge in [0.2, 0.25) is 0 Å². The van der Waals surface area contributed by atoms with Crippen LogP contribution in [0.5, 0.6) is 0 Å². The standard InChI is InChI=1S/C7H11F3N2.C2H2O4/c1-12-4-2-3-6(12)11-5-7(8,9)10;3-1(4)2(5)6/h2-5H2,1H3;(H,3,4)(H,5,6). The number of hydrogen-bond acceptors (Lipinski definition) is 3. The van der Waals surface area contributed by atoms with E-state index < -0.39 is 24.7 Å². The molecule has 1 aliphatic rings. The molecule has 6 nitrogen and oxygen atoms in total. The Labute approximate surface area is 101 Å². The van der Waals surface area contributed by atoms with Gasteiger partial charge in [0.15, 0.2) is 0 Å². The first kappa shape index (κ1) is 16.2. The highest BCUT2D eigenvalue weighted by Crippen LogP contribution is 2.16. The number of rotatable bonds is 1. The molecule has 1 fully saturated rings. The number of aliphatic carboxylic acids is 2. The predicted octanol–water partition coefficient (Wildman–Crippen LogP) is 0.828. The second-order valence-corrected chi connectivity index (χ2v) is 3.48. The van der Waals surface area contributed by atoms with Crippen LogP contribution in [0.2, 0.25) is 0 Å². The molecule has 0 unspecified atom stereocenters. The van der Waals surface area contributed by atoms with Gasteiger partial charge in [0, 0.05) is 20.0 Å². The second-order valence-electron chi connectivity index (χ2n) is 3.48. The number of carbonyl (C=O) groups is 2. The van der Waals surface area contributed by atoms with Crippen molar-refractivity contribution in [1.29, 1.82) is 0 Å². The first-order chi connectivity index (χ1) is 8.13. The minimum Gasteiger partial charge on any atom is -0.473 e. The maximum Gasteiger partial charge on any atom is 0.414 e. The minimum absolute atomic E-state index is 0.576. The molecule has 0 radical (unpaired) electrons. The fraction of sp³-hybridized carbons (Fsp3) is 0.667. The average molecular weight is 270 g/mol. The van der Waals surface area contributed by atoms with Gasteiger partial charge in [-0.15, -0.1) is 0 Å².